The highest BCUT2D eigenvalue weighted by Gasteiger charge is 2.40. The molecule has 4 nitrogen and oxygen atoms in total. The lowest BCUT2D eigenvalue weighted by Crippen LogP contribution is -2.49. The molecule has 0 aliphatic carbocycles. The van der Waals surface area contributed by atoms with Crippen LogP contribution in [0.15, 0.2) is 42.5 Å². The number of benzene rings is 2. The number of carbonyl (C=O) groups is 1. The third-order valence-corrected chi connectivity index (χ3v) is 17.8. The Bertz CT molecular complexity index is 1110. The van der Waals surface area contributed by atoms with E-state index in [4.69, 9.17) is 8.85 Å². The topological polar surface area (TPSA) is 38.8 Å². The van der Waals surface area contributed by atoms with Gasteiger partial charge in [0.15, 0.2) is 8.32 Å². The Hall–Kier alpha value is -1.90. The van der Waals surface area contributed by atoms with Gasteiger partial charge in [-0.25, -0.2) is 0 Å². The van der Waals surface area contributed by atoms with Crippen molar-refractivity contribution in [1.82, 2.24) is 4.90 Å². The highest BCUT2D eigenvalue weighted by atomic mass is 28.4. The summed E-state index contributed by atoms with van der Waals surface area (Å²) in [6, 6.07) is 14.4. The Morgan fingerprint density at radius 3 is 1.82 bits per heavy atom. The zero-order valence-corrected chi connectivity index (χ0v) is 28.6. The summed E-state index contributed by atoms with van der Waals surface area (Å²) in [6.45, 7) is 31.9. The average Bonchev–Trinajstić information content (AvgIpc) is 2.76. The van der Waals surface area contributed by atoms with Gasteiger partial charge < -0.3 is 13.8 Å². The molecular weight excluding hydrogens is 503 g/mol. The molecule has 0 aliphatic rings. The first-order chi connectivity index (χ1) is 17.1. The van der Waals surface area contributed by atoms with Crippen molar-refractivity contribution in [3.8, 4) is 5.75 Å². The molecular formula is C32H53NO3Si2. The summed E-state index contributed by atoms with van der Waals surface area (Å²) in [4.78, 5) is 16.1. The van der Waals surface area contributed by atoms with Crippen LogP contribution < -0.4 is 4.43 Å². The zero-order chi connectivity index (χ0) is 29.3. The molecule has 0 aromatic heterocycles. The highest BCUT2D eigenvalue weighted by molar-refractivity contribution is 6.75. The second-order valence-electron chi connectivity index (χ2n) is 14.3. The number of aryl methyl sites for hydroxylation is 2. The standard InChI is InChI=1S/C32H53NO3Si2/c1-24-15-16-25(2)28(23-24)29(34)33(21-22-35-37(11,12)30(3,4)5)32(9,10)26-17-19-27(20-18-26)36-38(13,14)31(6,7)8/h15-20,23H,21-22H2,1-14H3. The van der Waals surface area contributed by atoms with Crippen LogP contribution >= 0.6 is 0 Å². The molecule has 0 saturated heterocycles. The number of rotatable bonds is 9. The van der Waals surface area contributed by atoms with Crippen LogP contribution in [0.4, 0.5) is 0 Å². The summed E-state index contributed by atoms with van der Waals surface area (Å²) in [5.41, 5.74) is 3.36. The summed E-state index contributed by atoms with van der Waals surface area (Å²) >= 11 is 0. The Kier molecular flexibility index (Phi) is 9.61. The van der Waals surface area contributed by atoms with Gasteiger partial charge in [-0.1, -0.05) is 71.4 Å². The highest BCUT2D eigenvalue weighted by Crippen LogP contribution is 2.39. The largest absolute Gasteiger partial charge is 0.544 e. The second kappa shape index (κ2) is 11.3. The van der Waals surface area contributed by atoms with Crippen molar-refractivity contribution in [3.63, 3.8) is 0 Å². The van der Waals surface area contributed by atoms with E-state index in [1.54, 1.807) is 0 Å². The Labute approximate surface area is 235 Å². The van der Waals surface area contributed by atoms with Crippen LogP contribution in [-0.4, -0.2) is 40.6 Å². The lowest BCUT2D eigenvalue weighted by molar-refractivity contribution is 0.0486. The zero-order valence-electron chi connectivity index (χ0n) is 26.6. The maximum Gasteiger partial charge on any atom is 0.254 e. The van der Waals surface area contributed by atoms with Gasteiger partial charge in [0.05, 0.1) is 12.1 Å². The first kappa shape index (κ1) is 32.3. The van der Waals surface area contributed by atoms with Gasteiger partial charge in [0.25, 0.3) is 5.91 Å². The minimum absolute atomic E-state index is 0.0385. The molecule has 0 aliphatic heterocycles. The van der Waals surface area contributed by atoms with Crippen LogP contribution in [0, 0.1) is 13.8 Å². The van der Waals surface area contributed by atoms with Crippen molar-refractivity contribution in [2.24, 2.45) is 0 Å². The summed E-state index contributed by atoms with van der Waals surface area (Å²) in [5.74, 6) is 0.932. The van der Waals surface area contributed by atoms with Crippen molar-refractivity contribution < 1.29 is 13.6 Å². The van der Waals surface area contributed by atoms with Gasteiger partial charge in [0, 0.05) is 12.1 Å². The number of hydrogen-bond acceptors (Lipinski definition) is 3. The molecule has 0 bridgehead atoms. The predicted molar refractivity (Wildman–Crippen MR) is 167 cm³/mol. The van der Waals surface area contributed by atoms with Crippen molar-refractivity contribution >= 4 is 22.5 Å². The van der Waals surface area contributed by atoms with Crippen molar-refractivity contribution in [2.75, 3.05) is 13.2 Å². The Morgan fingerprint density at radius 1 is 0.789 bits per heavy atom. The van der Waals surface area contributed by atoms with Gasteiger partial charge in [0.1, 0.15) is 5.75 Å². The maximum absolute atomic E-state index is 14.1. The first-order valence-corrected chi connectivity index (χ1v) is 19.7. The van der Waals surface area contributed by atoms with Gasteiger partial charge in [0.2, 0.25) is 8.32 Å². The fourth-order valence-electron chi connectivity index (χ4n) is 3.89. The van der Waals surface area contributed by atoms with Crippen LogP contribution in [0.5, 0.6) is 5.75 Å². The lowest BCUT2D eigenvalue weighted by Gasteiger charge is -2.42. The molecule has 0 atom stereocenters. The SMILES string of the molecule is Cc1ccc(C)c(C(=O)N(CCO[Si](C)(C)C(C)(C)C)C(C)(C)c2ccc(O[Si](C)(C)C(C)(C)C)cc2)c1. The van der Waals surface area contributed by atoms with Gasteiger partial charge in [-0.2, -0.15) is 0 Å². The number of nitrogens with zero attached hydrogens (tertiary/aromatic N) is 1. The normalized spacial score (nSPS) is 13.4. The van der Waals surface area contributed by atoms with E-state index in [1.165, 1.54) is 0 Å². The van der Waals surface area contributed by atoms with Crippen LogP contribution in [-0.2, 0) is 9.96 Å². The molecule has 0 radical (unpaired) electrons. The van der Waals surface area contributed by atoms with Gasteiger partial charge in [-0.3, -0.25) is 4.79 Å². The van der Waals surface area contributed by atoms with E-state index in [9.17, 15) is 4.79 Å². The maximum atomic E-state index is 14.1. The average molecular weight is 556 g/mol. The molecule has 1 amide bonds. The summed E-state index contributed by atoms with van der Waals surface area (Å²) in [7, 11) is -3.87. The van der Waals surface area contributed by atoms with Crippen LogP contribution in [0.25, 0.3) is 0 Å². The second-order valence-corrected chi connectivity index (χ2v) is 23.9. The third-order valence-electron chi connectivity index (χ3n) is 8.87. The number of carbonyl (C=O) groups excluding carboxylic acids is 1. The van der Waals surface area contributed by atoms with E-state index in [-0.39, 0.29) is 16.0 Å². The molecule has 2 aromatic carbocycles. The molecule has 2 rings (SSSR count). The van der Waals surface area contributed by atoms with E-state index in [0.29, 0.717) is 13.2 Å². The minimum atomic E-state index is -1.94. The fraction of sp³-hybridized carbons (Fsp3) is 0.594. The molecule has 2 aromatic rings. The Morgan fingerprint density at radius 2 is 1.32 bits per heavy atom. The van der Waals surface area contributed by atoms with Crippen molar-refractivity contribution in [2.45, 2.75) is 111 Å². The number of hydrogen-bond donors (Lipinski definition) is 0. The Balaban J connectivity index is 2.42. The summed E-state index contributed by atoms with van der Waals surface area (Å²) < 4.78 is 13.0. The molecule has 0 fully saturated rings. The van der Waals surface area contributed by atoms with E-state index >= 15 is 0 Å². The molecule has 0 unspecified atom stereocenters. The molecule has 0 N–H and O–H groups in total. The smallest absolute Gasteiger partial charge is 0.254 e. The summed E-state index contributed by atoms with van der Waals surface area (Å²) in [6.07, 6.45) is 0. The van der Waals surface area contributed by atoms with Crippen LogP contribution in [0.1, 0.15) is 82.4 Å². The van der Waals surface area contributed by atoms with Crippen molar-refractivity contribution in [1.29, 1.82) is 0 Å². The first-order valence-electron chi connectivity index (χ1n) is 13.9. The predicted octanol–water partition coefficient (Wildman–Crippen LogP) is 9.09. The van der Waals surface area contributed by atoms with Gasteiger partial charge in [-0.05, 0) is 93.3 Å². The van der Waals surface area contributed by atoms with E-state index in [2.05, 4.69) is 112 Å². The molecule has 0 heterocycles. The van der Waals surface area contributed by atoms with Crippen LogP contribution in [0.3, 0.4) is 0 Å². The molecule has 212 valence electrons. The molecule has 0 saturated carbocycles. The van der Waals surface area contributed by atoms with E-state index in [1.807, 2.05) is 30.9 Å². The quantitative estimate of drug-likeness (QED) is 0.290. The van der Waals surface area contributed by atoms with E-state index in [0.717, 1.165) is 28.0 Å². The monoisotopic (exact) mass is 555 g/mol. The molecule has 0 spiro atoms. The molecule has 38 heavy (non-hydrogen) atoms. The third kappa shape index (κ3) is 7.39. The van der Waals surface area contributed by atoms with Gasteiger partial charge in [-0.15, -0.1) is 0 Å². The van der Waals surface area contributed by atoms with Crippen molar-refractivity contribution in [3.05, 3.63) is 64.7 Å². The number of amides is 1. The minimum Gasteiger partial charge on any atom is -0.544 e. The summed E-state index contributed by atoms with van der Waals surface area (Å²) in [5, 5.41) is 0.244. The molecule has 6 heteroatoms. The lowest BCUT2D eigenvalue weighted by atomic mass is 9.90. The van der Waals surface area contributed by atoms with E-state index < -0.39 is 22.2 Å². The fourth-order valence-corrected chi connectivity index (χ4v) is 5.96. The van der Waals surface area contributed by atoms with Gasteiger partial charge >= 0.3 is 0 Å². The van der Waals surface area contributed by atoms with Crippen LogP contribution in [0.2, 0.25) is 36.3 Å².